The SMILES string of the molecule is COc1cc(N(C(=O)c2ccco2)[C@H](C(=O)NC2CCCCC2)c2ccc(C)o2)ccc1-n1cnnn1. The predicted molar refractivity (Wildman–Crippen MR) is 132 cm³/mol. The van der Waals surface area contributed by atoms with E-state index in [-0.39, 0.29) is 17.7 Å². The van der Waals surface area contributed by atoms with Crippen molar-refractivity contribution in [2.75, 3.05) is 12.0 Å². The van der Waals surface area contributed by atoms with E-state index in [0.717, 1.165) is 32.1 Å². The zero-order valence-electron chi connectivity index (χ0n) is 20.7. The van der Waals surface area contributed by atoms with Crippen LogP contribution in [0.3, 0.4) is 0 Å². The van der Waals surface area contributed by atoms with Crippen LogP contribution in [0, 0.1) is 6.92 Å². The van der Waals surface area contributed by atoms with Crippen molar-refractivity contribution in [1.82, 2.24) is 25.5 Å². The second-order valence-corrected chi connectivity index (χ2v) is 8.96. The van der Waals surface area contributed by atoms with E-state index in [1.807, 2.05) is 0 Å². The molecule has 192 valence electrons. The fourth-order valence-corrected chi connectivity index (χ4v) is 4.68. The van der Waals surface area contributed by atoms with Gasteiger partial charge in [0.2, 0.25) is 0 Å². The van der Waals surface area contributed by atoms with Gasteiger partial charge >= 0.3 is 0 Å². The third-order valence-electron chi connectivity index (χ3n) is 6.48. The Hall–Kier alpha value is -4.41. The standard InChI is InChI=1S/C26H28N6O5/c1-17-10-13-21(37-17)24(25(33)28-18-7-4-3-5-8-18)32(26(34)22-9-6-14-36-22)19-11-12-20(23(15-19)35-2)31-16-27-29-30-31/h6,9-16,18,24H,3-5,7-8H2,1-2H3,(H,28,33)/t24-/m0/s1. The normalized spacial score (nSPS) is 14.8. The molecule has 1 aromatic carbocycles. The van der Waals surface area contributed by atoms with Gasteiger partial charge in [-0.15, -0.1) is 5.10 Å². The number of hydrogen-bond donors (Lipinski definition) is 1. The van der Waals surface area contributed by atoms with Crippen molar-refractivity contribution in [3.8, 4) is 11.4 Å². The van der Waals surface area contributed by atoms with Gasteiger partial charge in [-0.25, -0.2) is 0 Å². The number of aryl methyl sites for hydroxylation is 1. The van der Waals surface area contributed by atoms with E-state index in [0.29, 0.717) is 28.6 Å². The molecular formula is C26H28N6O5. The van der Waals surface area contributed by atoms with Crippen molar-refractivity contribution in [1.29, 1.82) is 0 Å². The molecule has 1 aliphatic carbocycles. The van der Waals surface area contributed by atoms with Crippen molar-refractivity contribution in [2.24, 2.45) is 0 Å². The third kappa shape index (κ3) is 5.11. The van der Waals surface area contributed by atoms with Crippen LogP contribution in [0.4, 0.5) is 5.69 Å². The van der Waals surface area contributed by atoms with Crippen LogP contribution < -0.4 is 15.0 Å². The molecule has 0 unspecified atom stereocenters. The fourth-order valence-electron chi connectivity index (χ4n) is 4.68. The van der Waals surface area contributed by atoms with Crippen LogP contribution >= 0.6 is 0 Å². The summed E-state index contributed by atoms with van der Waals surface area (Å²) in [4.78, 5) is 29.1. The van der Waals surface area contributed by atoms with Gasteiger partial charge in [-0.2, -0.15) is 4.68 Å². The lowest BCUT2D eigenvalue weighted by molar-refractivity contribution is -0.123. The molecule has 5 rings (SSSR count). The molecule has 11 nitrogen and oxygen atoms in total. The van der Waals surface area contributed by atoms with Crippen LogP contribution in [0.2, 0.25) is 0 Å². The molecule has 1 saturated carbocycles. The number of anilines is 1. The Balaban J connectivity index is 1.60. The first kappa shape index (κ1) is 24.3. The number of hydrogen-bond acceptors (Lipinski definition) is 8. The van der Waals surface area contributed by atoms with Gasteiger partial charge in [0.15, 0.2) is 11.8 Å². The molecule has 4 aromatic rings. The average molecular weight is 505 g/mol. The molecule has 3 heterocycles. The van der Waals surface area contributed by atoms with E-state index in [1.54, 1.807) is 49.4 Å². The van der Waals surface area contributed by atoms with Gasteiger partial charge in [-0.1, -0.05) is 19.3 Å². The van der Waals surface area contributed by atoms with Gasteiger partial charge < -0.3 is 18.9 Å². The van der Waals surface area contributed by atoms with Gasteiger partial charge in [-0.05, 0) is 66.6 Å². The minimum Gasteiger partial charge on any atom is -0.494 e. The van der Waals surface area contributed by atoms with E-state index >= 15 is 0 Å². The second kappa shape index (κ2) is 10.7. The van der Waals surface area contributed by atoms with E-state index in [4.69, 9.17) is 13.6 Å². The van der Waals surface area contributed by atoms with Crippen LogP contribution in [0.25, 0.3) is 5.69 Å². The lowest BCUT2D eigenvalue weighted by Crippen LogP contribution is -2.47. The lowest BCUT2D eigenvalue weighted by Gasteiger charge is -2.32. The van der Waals surface area contributed by atoms with E-state index in [1.165, 1.54) is 29.3 Å². The Labute approximate surface area is 213 Å². The first-order valence-corrected chi connectivity index (χ1v) is 12.2. The van der Waals surface area contributed by atoms with Crippen molar-refractivity contribution < 1.29 is 23.2 Å². The molecule has 37 heavy (non-hydrogen) atoms. The van der Waals surface area contributed by atoms with Crippen molar-refractivity contribution in [3.63, 3.8) is 0 Å². The number of nitrogens with zero attached hydrogens (tertiary/aromatic N) is 5. The lowest BCUT2D eigenvalue weighted by atomic mass is 9.95. The highest BCUT2D eigenvalue weighted by Gasteiger charge is 2.38. The third-order valence-corrected chi connectivity index (χ3v) is 6.48. The van der Waals surface area contributed by atoms with Crippen molar-refractivity contribution >= 4 is 17.5 Å². The van der Waals surface area contributed by atoms with Crippen LogP contribution in [-0.4, -0.2) is 45.2 Å². The largest absolute Gasteiger partial charge is 0.494 e. The van der Waals surface area contributed by atoms with Gasteiger partial charge in [0, 0.05) is 17.8 Å². The van der Waals surface area contributed by atoms with Crippen molar-refractivity contribution in [2.45, 2.75) is 51.1 Å². The number of methoxy groups -OCH3 is 1. The predicted octanol–water partition coefficient (Wildman–Crippen LogP) is 4.00. The maximum atomic E-state index is 13.9. The highest BCUT2D eigenvalue weighted by molar-refractivity contribution is 6.08. The van der Waals surface area contributed by atoms with Crippen LogP contribution in [0.15, 0.2) is 63.9 Å². The summed E-state index contributed by atoms with van der Waals surface area (Å²) in [5.74, 6) is 0.632. The summed E-state index contributed by atoms with van der Waals surface area (Å²) in [6.45, 7) is 1.79. The van der Waals surface area contributed by atoms with Gasteiger partial charge in [0.1, 0.15) is 29.3 Å². The van der Waals surface area contributed by atoms with E-state index < -0.39 is 11.9 Å². The molecule has 1 fully saturated rings. The molecule has 3 aromatic heterocycles. The molecule has 0 spiro atoms. The average Bonchev–Trinajstić information content (AvgIpc) is 3.70. The molecule has 11 heteroatoms. The van der Waals surface area contributed by atoms with Crippen molar-refractivity contribution in [3.05, 3.63) is 72.3 Å². The summed E-state index contributed by atoms with van der Waals surface area (Å²) in [6.07, 6.45) is 7.92. The summed E-state index contributed by atoms with van der Waals surface area (Å²) in [5.41, 5.74) is 0.978. The molecule has 0 bridgehead atoms. The van der Waals surface area contributed by atoms with E-state index in [2.05, 4.69) is 20.8 Å². The van der Waals surface area contributed by atoms with E-state index in [9.17, 15) is 9.59 Å². The molecule has 0 radical (unpaired) electrons. The zero-order chi connectivity index (χ0) is 25.8. The maximum absolute atomic E-state index is 13.9. The number of carbonyl (C=O) groups excluding carboxylic acids is 2. The second-order valence-electron chi connectivity index (χ2n) is 8.96. The molecule has 1 atom stereocenters. The minimum atomic E-state index is -1.09. The Bertz CT molecular complexity index is 1340. The first-order valence-electron chi connectivity index (χ1n) is 12.2. The summed E-state index contributed by atoms with van der Waals surface area (Å²) >= 11 is 0. The summed E-state index contributed by atoms with van der Waals surface area (Å²) < 4.78 is 18.4. The molecule has 1 N–H and O–H groups in total. The van der Waals surface area contributed by atoms with Crippen LogP contribution in [0.5, 0.6) is 5.75 Å². The number of furan rings is 2. The molecule has 0 aliphatic heterocycles. The Morgan fingerprint density at radius 3 is 2.65 bits per heavy atom. The zero-order valence-corrected chi connectivity index (χ0v) is 20.7. The van der Waals surface area contributed by atoms with Crippen LogP contribution in [0.1, 0.15) is 60.2 Å². The number of tetrazole rings is 1. The molecule has 2 amide bonds. The summed E-state index contributed by atoms with van der Waals surface area (Å²) in [5, 5.41) is 14.4. The first-order chi connectivity index (χ1) is 18.0. The Kier molecular flexibility index (Phi) is 7.02. The number of amides is 2. The van der Waals surface area contributed by atoms with Crippen LogP contribution in [-0.2, 0) is 4.79 Å². The Morgan fingerprint density at radius 1 is 1.16 bits per heavy atom. The summed E-state index contributed by atoms with van der Waals surface area (Å²) in [6, 6.07) is 10.7. The minimum absolute atomic E-state index is 0.0390. The maximum Gasteiger partial charge on any atom is 0.295 e. The molecular weight excluding hydrogens is 476 g/mol. The summed E-state index contributed by atoms with van der Waals surface area (Å²) in [7, 11) is 1.51. The highest BCUT2D eigenvalue weighted by atomic mass is 16.5. The number of carbonyl (C=O) groups is 2. The number of nitrogens with one attached hydrogen (secondary N) is 1. The Morgan fingerprint density at radius 2 is 2.00 bits per heavy atom. The number of aromatic nitrogens is 4. The quantitative estimate of drug-likeness (QED) is 0.381. The molecule has 0 saturated heterocycles. The highest BCUT2D eigenvalue weighted by Crippen LogP contribution is 2.35. The molecule has 1 aliphatic rings. The monoisotopic (exact) mass is 504 g/mol. The fraction of sp³-hybridized carbons (Fsp3) is 0.346. The number of benzene rings is 1. The van der Waals surface area contributed by atoms with Gasteiger partial charge in [-0.3, -0.25) is 14.5 Å². The van der Waals surface area contributed by atoms with Gasteiger partial charge in [0.25, 0.3) is 11.8 Å². The van der Waals surface area contributed by atoms with Gasteiger partial charge in [0.05, 0.1) is 13.4 Å². The number of rotatable bonds is 8. The number of ether oxygens (including phenoxy) is 1. The smallest absolute Gasteiger partial charge is 0.295 e. The topological polar surface area (TPSA) is 129 Å².